The molecule has 0 aliphatic carbocycles. The predicted molar refractivity (Wildman–Crippen MR) is 114 cm³/mol. The first-order valence-corrected chi connectivity index (χ1v) is 10.8. The number of benzene rings is 2. The highest BCUT2D eigenvalue weighted by Crippen LogP contribution is 2.29. The van der Waals surface area contributed by atoms with E-state index in [0.29, 0.717) is 17.1 Å². The van der Waals surface area contributed by atoms with E-state index in [1.54, 1.807) is 30.3 Å². The molecule has 10 heteroatoms. The van der Waals surface area contributed by atoms with Crippen molar-refractivity contribution >= 4 is 27.4 Å². The van der Waals surface area contributed by atoms with Gasteiger partial charge in [0.05, 0.1) is 10.6 Å². The number of rotatable bonds is 6. The fraction of sp³-hybridized carbons (Fsp3) is 0.0500. The molecular formula is C20H17ClN6O2S. The number of sulfonamides is 1. The lowest BCUT2D eigenvalue weighted by Crippen LogP contribution is -2.23. The Hall–Kier alpha value is -3.27. The summed E-state index contributed by atoms with van der Waals surface area (Å²) in [5.74, 6) is 0.618. The van der Waals surface area contributed by atoms with Gasteiger partial charge in [-0.05, 0) is 24.3 Å². The zero-order chi connectivity index (χ0) is 21.1. The Morgan fingerprint density at radius 2 is 1.60 bits per heavy atom. The summed E-state index contributed by atoms with van der Waals surface area (Å²) in [4.78, 5) is 0.167. The van der Waals surface area contributed by atoms with Crippen molar-refractivity contribution in [2.24, 2.45) is 0 Å². The van der Waals surface area contributed by atoms with Gasteiger partial charge in [0.15, 0.2) is 11.0 Å². The summed E-state index contributed by atoms with van der Waals surface area (Å²) in [5, 5.41) is 12.6. The minimum atomic E-state index is -3.72. The monoisotopic (exact) mass is 440 g/mol. The van der Waals surface area contributed by atoms with Crippen LogP contribution in [0.25, 0.3) is 17.1 Å². The summed E-state index contributed by atoms with van der Waals surface area (Å²) in [5.41, 5.74) is 8.20. The fourth-order valence-corrected chi connectivity index (χ4v) is 4.03. The van der Waals surface area contributed by atoms with Crippen LogP contribution in [0, 0.1) is 0 Å². The lowest BCUT2D eigenvalue weighted by atomic mass is 10.1. The largest absolute Gasteiger partial charge is 0.383 e. The predicted octanol–water partition coefficient (Wildman–Crippen LogP) is 3.04. The Morgan fingerprint density at radius 1 is 0.933 bits per heavy atom. The SMILES string of the molecule is Nc1c(CNS(=O)(=O)c2ccccc2)c(-c2ccccc2)nn1-c1ccc(Cl)nn1. The standard InChI is InChI=1S/C20H17ClN6O2S/c21-17-11-12-18(25-24-17)27-20(22)16(19(26-27)14-7-3-1-4-8-14)13-23-30(28,29)15-9-5-2-6-10-15/h1-12,23H,13,22H2. The van der Waals surface area contributed by atoms with E-state index in [4.69, 9.17) is 17.3 Å². The third-order valence-electron chi connectivity index (χ3n) is 4.40. The van der Waals surface area contributed by atoms with E-state index in [0.717, 1.165) is 5.56 Å². The maximum atomic E-state index is 12.7. The number of nitrogens with two attached hydrogens (primary N) is 1. The van der Waals surface area contributed by atoms with Gasteiger partial charge in [-0.15, -0.1) is 10.2 Å². The number of aromatic nitrogens is 4. The molecule has 2 heterocycles. The zero-order valence-corrected chi connectivity index (χ0v) is 17.2. The van der Waals surface area contributed by atoms with E-state index in [9.17, 15) is 8.42 Å². The first-order chi connectivity index (χ1) is 14.5. The van der Waals surface area contributed by atoms with Crippen LogP contribution in [-0.4, -0.2) is 28.4 Å². The number of hydrogen-bond donors (Lipinski definition) is 2. The topological polar surface area (TPSA) is 116 Å². The van der Waals surface area contributed by atoms with Crippen LogP contribution in [-0.2, 0) is 16.6 Å². The second kappa shape index (κ2) is 8.23. The van der Waals surface area contributed by atoms with Crippen LogP contribution in [0.4, 0.5) is 5.82 Å². The number of anilines is 1. The molecule has 0 spiro atoms. The Morgan fingerprint density at radius 3 is 2.23 bits per heavy atom. The second-order valence-corrected chi connectivity index (χ2v) is 8.50. The molecule has 3 N–H and O–H groups in total. The van der Waals surface area contributed by atoms with Crippen molar-refractivity contribution in [3.63, 3.8) is 0 Å². The third-order valence-corrected chi connectivity index (χ3v) is 6.02. The maximum Gasteiger partial charge on any atom is 0.240 e. The molecule has 2 aromatic heterocycles. The van der Waals surface area contributed by atoms with E-state index >= 15 is 0 Å². The van der Waals surface area contributed by atoms with Crippen LogP contribution in [0.1, 0.15) is 5.56 Å². The van der Waals surface area contributed by atoms with E-state index in [-0.39, 0.29) is 22.4 Å². The molecule has 152 valence electrons. The van der Waals surface area contributed by atoms with Gasteiger partial charge in [-0.25, -0.2) is 13.1 Å². The minimum absolute atomic E-state index is 0.0473. The van der Waals surface area contributed by atoms with Gasteiger partial charge in [0.2, 0.25) is 10.0 Å². The maximum absolute atomic E-state index is 12.7. The Balaban J connectivity index is 1.75. The zero-order valence-electron chi connectivity index (χ0n) is 15.6. The average molecular weight is 441 g/mol. The summed E-state index contributed by atoms with van der Waals surface area (Å²) in [6.07, 6.45) is 0. The van der Waals surface area contributed by atoms with Crippen LogP contribution in [0.3, 0.4) is 0 Å². The smallest absolute Gasteiger partial charge is 0.240 e. The third kappa shape index (κ3) is 4.04. The van der Waals surface area contributed by atoms with E-state index < -0.39 is 10.0 Å². The van der Waals surface area contributed by atoms with Gasteiger partial charge in [-0.3, -0.25) is 0 Å². The van der Waals surface area contributed by atoms with Crippen LogP contribution in [0.2, 0.25) is 5.15 Å². The normalized spacial score (nSPS) is 11.5. The molecule has 4 aromatic rings. The first kappa shape index (κ1) is 20.0. The van der Waals surface area contributed by atoms with Crippen molar-refractivity contribution in [1.82, 2.24) is 24.7 Å². The Labute approximate surface area is 178 Å². The van der Waals surface area contributed by atoms with Crippen LogP contribution < -0.4 is 10.5 Å². The van der Waals surface area contributed by atoms with Crippen molar-refractivity contribution in [3.8, 4) is 17.1 Å². The quantitative estimate of drug-likeness (QED) is 0.476. The molecule has 0 aliphatic rings. The highest BCUT2D eigenvalue weighted by atomic mass is 35.5. The molecule has 8 nitrogen and oxygen atoms in total. The highest BCUT2D eigenvalue weighted by Gasteiger charge is 2.21. The minimum Gasteiger partial charge on any atom is -0.383 e. The van der Waals surface area contributed by atoms with Crippen LogP contribution in [0.15, 0.2) is 77.7 Å². The van der Waals surface area contributed by atoms with Gasteiger partial charge in [0.25, 0.3) is 0 Å². The number of nitrogen functional groups attached to an aromatic ring is 1. The van der Waals surface area contributed by atoms with Gasteiger partial charge in [-0.2, -0.15) is 9.78 Å². The average Bonchev–Trinajstić information content (AvgIpc) is 3.10. The van der Waals surface area contributed by atoms with E-state index in [1.807, 2.05) is 30.3 Å². The number of hydrogen-bond acceptors (Lipinski definition) is 6. The van der Waals surface area contributed by atoms with Crippen molar-refractivity contribution in [2.45, 2.75) is 11.4 Å². The summed E-state index contributed by atoms with van der Waals surface area (Å²) >= 11 is 5.82. The van der Waals surface area contributed by atoms with Gasteiger partial charge < -0.3 is 5.73 Å². The van der Waals surface area contributed by atoms with Crippen molar-refractivity contribution < 1.29 is 8.42 Å². The fourth-order valence-electron chi connectivity index (χ4n) is 2.91. The lowest BCUT2D eigenvalue weighted by molar-refractivity contribution is 0.581. The van der Waals surface area contributed by atoms with Gasteiger partial charge in [-0.1, -0.05) is 60.1 Å². The number of halogens is 1. The van der Waals surface area contributed by atoms with Crippen molar-refractivity contribution in [1.29, 1.82) is 0 Å². The summed E-state index contributed by atoms with van der Waals surface area (Å²) < 4.78 is 29.3. The molecular weight excluding hydrogens is 424 g/mol. The molecule has 0 saturated heterocycles. The molecule has 0 radical (unpaired) electrons. The summed E-state index contributed by atoms with van der Waals surface area (Å²) in [7, 11) is -3.72. The molecule has 0 bridgehead atoms. The van der Waals surface area contributed by atoms with Gasteiger partial charge >= 0.3 is 0 Å². The van der Waals surface area contributed by atoms with Crippen molar-refractivity contribution in [3.05, 3.63) is 83.5 Å². The molecule has 0 unspecified atom stereocenters. The Bertz CT molecular complexity index is 1260. The number of nitrogens with one attached hydrogen (secondary N) is 1. The molecule has 0 amide bonds. The first-order valence-electron chi connectivity index (χ1n) is 8.93. The molecule has 0 fully saturated rings. The molecule has 0 saturated carbocycles. The summed E-state index contributed by atoms with van der Waals surface area (Å²) in [6, 6.07) is 20.7. The van der Waals surface area contributed by atoms with E-state index in [1.165, 1.54) is 16.8 Å². The molecule has 4 rings (SSSR count). The second-order valence-electron chi connectivity index (χ2n) is 6.34. The highest BCUT2D eigenvalue weighted by molar-refractivity contribution is 7.89. The molecule has 0 atom stereocenters. The van der Waals surface area contributed by atoms with Crippen LogP contribution >= 0.6 is 11.6 Å². The molecule has 30 heavy (non-hydrogen) atoms. The van der Waals surface area contributed by atoms with Crippen LogP contribution in [0.5, 0.6) is 0 Å². The van der Waals surface area contributed by atoms with Gasteiger partial charge in [0.1, 0.15) is 5.82 Å². The molecule has 0 aliphatic heterocycles. The number of nitrogens with zero attached hydrogens (tertiary/aromatic N) is 4. The Kier molecular flexibility index (Phi) is 5.49. The van der Waals surface area contributed by atoms with E-state index in [2.05, 4.69) is 20.0 Å². The van der Waals surface area contributed by atoms with Gasteiger partial charge in [0, 0.05) is 17.7 Å². The van der Waals surface area contributed by atoms with Crippen molar-refractivity contribution in [2.75, 3.05) is 5.73 Å². The summed E-state index contributed by atoms with van der Waals surface area (Å²) in [6.45, 7) is -0.0473. The molecule has 2 aromatic carbocycles. The lowest BCUT2D eigenvalue weighted by Gasteiger charge is -2.08.